The number of amides is 1. The maximum absolute atomic E-state index is 12.8. The number of aromatic nitrogens is 1. The summed E-state index contributed by atoms with van der Waals surface area (Å²) < 4.78 is 37.6. The molecule has 2 N–H and O–H groups in total. The van der Waals surface area contributed by atoms with Gasteiger partial charge in [0.25, 0.3) is 5.91 Å². The molecule has 2 aromatic rings. The Labute approximate surface area is 197 Å². The molecule has 1 aliphatic heterocycles. The van der Waals surface area contributed by atoms with Crippen molar-refractivity contribution in [3.63, 3.8) is 0 Å². The van der Waals surface area contributed by atoms with E-state index in [9.17, 15) is 13.2 Å². The quantitative estimate of drug-likeness (QED) is 0.475. The lowest BCUT2D eigenvalue weighted by molar-refractivity contribution is -0.159. The summed E-state index contributed by atoms with van der Waals surface area (Å²) in [4.78, 5) is 36.7. The molecule has 33 heavy (non-hydrogen) atoms. The largest absolute Gasteiger partial charge is 0.473 e. The van der Waals surface area contributed by atoms with E-state index in [1.807, 2.05) is 6.07 Å². The summed E-state index contributed by atoms with van der Waals surface area (Å²) in [5.41, 5.74) is 0.667. The number of ether oxygens (including phenoxy) is 1. The van der Waals surface area contributed by atoms with Gasteiger partial charge in [-0.1, -0.05) is 6.07 Å². The minimum absolute atomic E-state index is 0.0351. The Morgan fingerprint density at radius 1 is 1.09 bits per heavy atom. The zero-order valence-corrected chi connectivity index (χ0v) is 19.7. The molecule has 14 heteroatoms. The highest BCUT2D eigenvalue weighted by molar-refractivity contribution is 9.10. The van der Waals surface area contributed by atoms with Gasteiger partial charge < -0.3 is 24.3 Å². The molecule has 1 amide bonds. The van der Waals surface area contributed by atoms with Crippen LogP contribution in [0.4, 0.5) is 0 Å². The van der Waals surface area contributed by atoms with E-state index >= 15 is 0 Å². The van der Waals surface area contributed by atoms with Crippen molar-refractivity contribution >= 4 is 43.8 Å². The predicted molar refractivity (Wildman–Crippen MR) is 117 cm³/mol. The number of hydrogen-bond acceptors (Lipinski definition) is 8. The van der Waals surface area contributed by atoms with Gasteiger partial charge in [-0.3, -0.25) is 9.78 Å². The Morgan fingerprint density at radius 2 is 1.76 bits per heavy atom. The first-order valence-electron chi connectivity index (χ1n) is 9.56. The van der Waals surface area contributed by atoms with Gasteiger partial charge in [0, 0.05) is 25.8 Å². The SMILES string of the molecule is O=C(O)C(=O)O.O=C(c1ccc(Br)o1)N(CCS(=O)(=O)N1CCOCC1)Cc1ccccn1. The van der Waals surface area contributed by atoms with E-state index in [1.54, 1.807) is 30.5 Å². The van der Waals surface area contributed by atoms with E-state index in [0.717, 1.165) is 0 Å². The summed E-state index contributed by atoms with van der Waals surface area (Å²) in [7, 11) is -3.48. The number of carboxylic acids is 2. The molecule has 1 saturated heterocycles. The van der Waals surface area contributed by atoms with Crippen molar-refractivity contribution in [2.24, 2.45) is 0 Å². The molecular formula is C19H22BrN3O9S. The number of carbonyl (C=O) groups is 3. The Hall–Kier alpha value is -2.81. The molecule has 1 fully saturated rings. The van der Waals surface area contributed by atoms with Gasteiger partial charge in [0.05, 0.1) is 31.2 Å². The standard InChI is InChI=1S/C17H20BrN3O5S.C2H2O4/c18-16-5-4-15(26-16)17(22)20(13-14-3-1-2-6-19-14)9-12-27(23,24)21-7-10-25-11-8-21;3-1(4)2(5)6/h1-6H,7-13H2;(H,3,4)(H,5,6). The van der Waals surface area contributed by atoms with Crippen LogP contribution < -0.4 is 0 Å². The first-order valence-corrected chi connectivity index (χ1v) is 12.0. The molecule has 0 radical (unpaired) electrons. The van der Waals surface area contributed by atoms with Gasteiger partial charge in [-0.05, 0) is 40.2 Å². The number of carboxylic acid groups (broad SMARTS) is 2. The Kier molecular flexibility index (Phi) is 9.96. The highest BCUT2D eigenvalue weighted by Gasteiger charge is 2.27. The number of rotatable bonds is 7. The molecular weight excluding hydrogens is 526 g/mol. The Balaban J connectivity index is 0.000000569. The van der Waals surface area contributed by atoms with Crippen LogP contribution in [0.3, 0.4) is 0 Å². The number of nitrogens with zero attached hydrogens (tertiary/aromatic N) is 3. The Bertz CT molecular complexity index is 1040. The molecule has 0 unspecified atom stereocenters. The van der Waals surface area contributed by atoms with Crippen LogP contribution in [-0.2, 0) is 30.9 Å². The minimum atomic E-state index is -3.48. The molecule has 0 saturated carbocycles. The molecule has 0 atom stereocenters. The van der Waals surface area contributed by atoms with Crippen LogP contribution in [0.25, 0.3) is 0 Å². The minimum Gasteiger partial charge on any atom is -0.473 e. The van der Waals surface area contributed by atoms with Gasteiger partial charge >= 0.3 is 11.9 Å². The third kappa shape index (κ3) is 8.57. The molecule has 180 valence electrons. The van der Waals surface area contributed by atoms with E-state index in [1.165, 1.54) is 9.21 Å². The molecule has 0 bridgehead atoms. The number of carbonyl (C=O) groups excluding carboxylic acids is 1. The van der Waals surface area contributed by atoms with Crippen LogP contribution in [0, 0.1) is 0 Å². The summed E-state index contributed by atoms with van der Waals surface area (Å²) in [6.45, 7) is 1.67. The van der Waals surface area contributed by atoms with E-state index in [-0.39, 0.29) is 30.5 Å². The first-order chi connectivity index (χ1) is 15.6. The summed E-state index contributed by atoms with van der Waals surface area (Å²) in [5.74, 6) is -4.07. The maximum atomic E-state index is 12.8. The van der Waals surface area contributed by atoms with E-state index in [4.69, 9.17) is 29.0 Å². The van der Waals surface area contributed by atoms with Crippen LogP contribution >= 0.6 is 15.9 Å². The fraction of sp³-hybridized carbons (Fsp3) is 0.368. The molecule has 12 nitrogen and oxygen atoms in total. The Morgan fingerprint density at radius 3 is 2.27 bits per heavy atom. The fourth-order valence-electron chi connectivity index (χ4n) is 2.70. The van der Waals surface area contributed by atoms with E-state index in [0.29, 0.717) is 36.7 Å². The van der Waals surface area contributed by atoms with E-state index < -0.39 is 22.0 Å². The molecule has 0 spiro atoms. The van der Waals surface area contributed by atoms with Crippen LogP contribution in [0.1, 0.15) is 16.2 Å². The van der Waals surface area contributed by atoms with Gasteiger partial charge in [-0.2, -0.15) is 4.31 Å². The maximum Gasteiger partial charge on any atom is 0.414 e. The number of aliphatic carboxylic acids is 2. The second-order valence-electron chi connectivity index (χ2n) is 6.59. The topological polar surface area (TPSA) is 168 Å². The normalized spacial score (nSPS) is 14.1. The number of sulfonamides is 1. The molecule has 0 aromatic carbocycles. The third-order valence-corrected chi connectivity index (χ3v) is 6.59. The molecule has 1 aliphatic rings. The van der Waals surface area contributed by atoms with Gasteiger partial charge in [0.2, 0.25) is 10.0 Å². The second kappa shape index (κ2) is 12.4. The van der Waals surface area contributed by atoms with Crippen molar-refractivity contribution in [2.45, 2.75) is 6.54 Å². The van der Waals surface area contributed by atoms with Crippen LogP contribution in [0.15, 0.2) is 45.6 Å². The summed E-state index contributed by atoms with van der Waals surface area (Å²) in [6.07, 6.45) is 1.63. The number of morpholine rings is 1. The van der Waals surface area contributed by atoms with Gasteiger partial charge in [0.1, 0.15) is 0 Å². The lowest BCUT2D eigenvalue weighted by atomic mass is 10.3. The lowest BCUT2D eigenvalue weighted by Gasteiger charge is -2.28. The summed E-state index contributed by atoms with van der Waals surface area (Å²) in [6, 6.07) is 8.56. The fourth-order valence-corrected chi connectivity index (χ4v) is 4.43. The average Bonchev–Trinajstić information content (AvgIpc) is 3.24. The zero-order valence-electron chi connectivity index (χ0n) is 17.3. The predicted octanol–water partition coefficient (Wildman–Crippen LogP) is 0.897. The number of hydrogen-bond donors (Lipinski definition) is 2. The van der Waals surface area contributed by atoms with Gasteiger partial charge in [-0.25, -0.2) is 18.0 Å². The second-order valence-corrected chi connectivity index (χ2v) is 9.46. The monoisotopic (exact) mass is 547 g/mol. The highest BCUT2D eigenvalue weighted by Crippen LogP contribution is 2.17. The zero-order chi connectivity index (χ0) is 24.4. The average molecular weight is 548 g/mol. The van der Waals surface area contributed by atoms with Crippen molar-refractivity contribution < 1.29 is 42.2 Å². The number of halogens is 1. The smallest absolute Gasteiger partial charge is 0.414 e. The van der Waals surface area contributed by atoms with Crippen LogP contribution in [0.2, 0.25) is 0 Å². The van der Waals surface area contributed by atoms with Crippen LogP contribution in [0.5, 0.6) is 0 Å². The van der Waals surface area contributed by atoms with Gasteiger partial charge in [-0.15, -0.1) is 0 Å². The molecule has 0 aliphatic carbocycles. The van der Waals surface area contributed by atoms with Crippen molar-refractivity contribution in [3.05, 3.63) is 52.7 Å². The summed E-state index contributed by atoms with van der Waals surface area (Å²) >= 11 is 3.18. The lowest BCUT2D eigenvalue weighted by Crippen LogP contribution is -2.44. The van der Waals surface area contributed by atoms with Crippen molar-refractivity contribution in [1.29, 1.82) is 0 Å². The molecule has 3 rings (SSSR count). The van der Waals surface area contributed by atoms with Crippen molar-refractivity contribution in [3.8, 4) is 0 Å². The van der Waals surface area contributed by atoms with E-state index in [2.05, 4.69) is 20.9 Å². The first kappa shape index (κ1) is 26.4. The summed E-state index contributed by atoms with van der Waals surface area (Å²) in [5, 5.41) is 14.8. The number of furan rings is 1. The third-order valence-electron chi connectivity index (χ3n) is 4.32. The molecule has 2 aromatic heterocycles. The van der Waals surface area contributed by atoms with Gasteiger partial charge in [0.15, 0.2) is 10.4 Å². The van der Waals surface area contributed by atoms with Crippen LogP contribution in [-0.4, -0.2) is 89.3 Å². The van der Waals surface area contributed by atoms with Crippen molar-refractivity contribution in [2.75, 3.05) is 38.6 Å². The molecule has 3 heterocycles. The highest BCUT2D eigenvalue weighted by atomic mass is 79.9. The van der Waals surface area contributed by atoms with Crippen molar-refractivity contribution in [1.82, 2.24) is 14.2 Å². The number of pyridine rings is 1.